The van der Waals surface area contributed by atoms with Gasteiger partial charge in [-0.2, -0.15) is 5.26 Å². The zero-order valence-corrected chi connectivity index (χ0v) is 18.5. The Morgan fingerprint density at radius 1 is 1.34 bits per heavy atom. The van der Waals surface area contributed by atoms with Gasteiger partial charge in [-0.15, -0.1) is 0 Å². The van der Waals surface area contributed by atoms with Crippen LogP contribution in [0, 0.1) is 18.3 Å². The molecule has 0 atom stereocenters. The summed E-state index contributed by atoms with van der Waals surface area (Å²) in [5.74, 6) is 1.53. The molecule has 32 heavy (non-hydrogen) atoms. The Kier molecular flexibility index (Phi) is 6.55. The predicted molar refractivity (Wildman–Crippen MR) is 124 cm³/mol. The second-order valence-corrected chi connectivity index (χ2v) is 8.23. The smallest absolute Gasteiger partial charge is 0.317 e. The number of aromatic nitrogens is 1. The van der Waals surface area contributed by atoms with Crippen LogP contribution in [0.25, 0.3) is 0 Å². The summed E-state index contributed by atoms with van der Waals surface area (Å²) >= 11 is 0. The minimum absolute atomic E-state index is 0.0292. The molecule has 0 unspecified atom stereocenters. The Labute approximate surface area is 188 Å². The molecule has 2 amide bonds. The molecule has 0 spiro atoms. The van der Waals surface area contributed by atoms with E-state index in [2.05, 4.69) is 28.3 Å². The molecule has 0 aliphatic carbocycles. The van der Waals surface area contributed by atoms with E-state index in [-0.39, 0.29) is 18.2 Å². The van der Waals surface area contributed by atoms with E-state index in [4.69, 9.17) is 10.00 Å². The number of rotatable bonds is 7. The first-order chi connectivity index (χ1) is 15.6. The lowest BCUT2D eigenvalue weighted by Gasteiger charge is -2.44. The number of nitrogens with zero attached hydrogens (tertiary/aromatic N) is 5. The Morgan fingerprint density at radius 2 is 2.16 bits per heavy atom. The van der Waals surface area contributed by atoms with Crippen molar-refractivity contribution in [1.82, 2.24) is 15.2 Å². The van der Waals surface area contributed by atoms with Crippen molar-refractivity contribution in [1.29, 1.82) is 5.26 Å². The van der Waals surface area contributed by atoms with Crippen molar-refractivity contribution in [3.8, 4) is 11.8 Å². The zero-order chi connectivity index (χ0) is 22.5. The molecule has 8 nitrogen and oxygen atoms in total. The van der Waals surface area contributed by atoms with Gasteiger partial charge in [-0.05, 0) is 37.1 Å². The fraction of sp³-hybridized carbons (Fsp3) is 0.417. The molecule has 166 valence electrons. The lowest BCUT2D eigenvalue weighted by molar-refractivity contribution is 0.0434. The molecule has 1 aromatic carbocycles. The second kappa shape index (κ2) is 9.69. The van der Waals surface area contributed by atoms with Crippen LogP contribution in [0.5, 0.6) is 5.75 Å². The molecule has 1 aromatic heterocycles. The minimum atomic E-state index is -0.0707. The third kappa shape index (κ3) is 4.83. The lowest BCUT2D eigenvalue weighted by Crippen LogP contribution is -2.65. The van der Waals surface area contributed by atoms with Crippen molar-refractivity contribution in [3.63, 3.8) is 0 Å². The third-order valence-electron chi connectivity index (χ3n) is 5.68. The van der Waals surface area contributed by atoms with Crippen molar-refractivity contribution in [2.24, 2.45) is 4.99 Å². The van der Waals surface area contributed by atoms with E-state index in [0.717, 1.165) is 35.7 Å². The van der Waals surface area contributed by atoms with Gasteiger partial charge in [0, 0.05) is 25.5 Å². The summed E-state index contributed by atoms with van der Waals surface area (Å²) in [6.07, 6.45) is 5.53. The van der Waals surface area contributed by atoms with Crippen molar-refractivity contribution in [2.45, 2.75) is 38.8 Å². The Morgan fingerprint density at radius 3 is 2.91 bits per heavy atom. The number of hydrogen-bond donors (Lipinski definition) is 1. The maximum Gasteiger partial charge on any atom is 0.317 e. The number of carbonyl (C=O) groups excluding carboxylic acids is 1. The summed E-state index contributed by atoms with van der Waals surface area (Å²) in [5, 5.41) is 12.1. The van der Waals surface area contributed by atoms with E-state index < -0.39 is 0 Å². The first-order valence-electron chi connectivity index (χ1n) is 11.0. The number of pyridine rings is 1. The van der Waals surface area contributed by atoms with Crippen molar-refractivity contribution < 1.29 is 9.53 Å². The number of aliphatic imine (C=N–C) groups is 1. The number of nitriles is 1. The number of benzene rings is 1. The molecular formula is C24H28N6O2. The number of ether oxygens (including phenoxy) is 1. The standard InChI is InChI=1S/C24H28N6O2/c1-3-4-9-27-23-17(2)6-5-7-21(23)32-20-15-30(16-20)24(31)28-19-13-29(14-19)22-11-18(12-25)8-10-26-22/h5-11,19-20H,3-4,13-16H2,1-2H3,(H,28,31)/b27-9-. The number of unbranched alkanes of at least 4 members (excludes halogenated alkanes) is 1. The van der Waals surface area contributed by atoms with Gasteiger partial charge < -0.3 is 19.9 Å². The maximum absolute atomic E-state index is 12.5. The van der Waals surface area contributed by atoms with E-state index in [1.165, 1.54) is 0 Å². The van der Waals surface area contributed by atoms with Crippen LogP contribution in [0.4, 0.5) is 16.3 Å². The summed E-state index contributed by atoms with van der Waals surface area (Å²) in [7, 11) is 0. The second-order valence-electron chi connectivity index (χ2n) is 8.23. The molecule has 2 aromatic rings. The highest BCUT2D eigenvalue weighted by molar-refractivity contribution is 5.76. The lowest BCUT2D eigenvalue weighted by atomic mass is 10.1. The van der Waals surface area contributed by atoms with Crippen LogP contribution >= 0.6 is 0 Å². The zero-order valence-electron chi connectivity index (χ0n) is 18.5. The molecule has 0 radical (unpaired) electrons. The van der Waals surface area contributed by atoms with Crippen LogP contribution in [-0.4, -0.2) is 60.5 Å². The first-order valence-corrected chi connectivity index (χ1v) is 11.0. The monoisotopic (exact) mass is 432 g/mol. The number of anilines is 1. The molecular weight excluding hydrogens is 404 g/mol. The molecule has 8 heteroatoms. The first kappa shape index (κ1) is 21.6. The quantitative estimate of drug-likeness (QED) is 0.677. The molecule has 2 saturated heterocycles. The van der Waals surface area contributed by atoms with Crippen molar-refractivity contribution in [2.75, 3.05) is 31.1 Å². The van der Waals surface area contributed by atoms with Gasteiger partial charge in [-0.25, -0.2) is 9.78 Å². The van der Waals surface area contributed by atoms with Gasteiger partial charge in [0.15, 0.2) is 0 Å². The highest BCUT2D eigenvalue weighted by Gasteiger charge is 2.36. The van der Waals surface area contributed by atoms with Crippen LogP contribution in [0.3, 0.4) is 0 Å². The molecule has 2 fully saturated rings. The topological polar surface area (TPSA) is 93.9 Å². The van der Waals surface area contributed by atoms with Crippen molar-refractivity contribution >= 4 is 23.8 Å². The largest absolute Gasteiger partial charge is 0.484 e. The van der Waals surface area contributed by atoms with E-state index in [1.54, 1.807) is 23.2 Å². The predicted octanol–water partition coefficient (Wildman–Crippen LogP) is 3.43. The average Bonchev–Trinajstić information content (AvgIpc) is 2.74. The van der Waals surface area contributed by atoms with Gasteiger partial charge in [0.05, 0.1) is 30.8 Å². The Balaban J connectivity index is 1.23. The average molecular weight is 433 g/mol. The summed E-state index contributed by atoms with van der Waals surface area (Å²) in [4.78, 5) is 25.2. The molecule has 0 bridgehead atoms. The van der Waals surface area contributed by atoms with Gasteiger partial charge in [0.25, 0.3) is 0 Å². The van der Waals surface area contributed by atoms with E-state index >= 15 is 0 Å². The molecule has 1 N–H and O–H groups in total. The maximum atomic E-state index is 12.5. The van der Waals surface area contributed by atoms with Crippen LogP contribution in [-0.2, 0) is 0 Å². The summed E-state index contributed by atoms with van der Waals surface area (Å²) in [6.45, 7) is 6.63. The third-order valence-corrected chi connectivity index (χ3v) is 5.68. The number of para-hydroxylation sites is 1. The summed E-state index contributed by atoms with van der Waals surface area (Å²) in [6, 6.07) is 11.5. The van der Waals surface area contributed by atoms with Gasteiger partial charge in [0.2, 0.25) is 0 Å². The SMILES string of the molecule is CCC/C=N\c1c(C)cccc1OC1CN(C(=O)NC2CN(c3cc(C#N)ccn3)C2)C1. The Bertz CT molecular complexity index is 1040. The fourth-order valence-electron chi connectivity index (χ4n) is 3.72. The number of nitrogens with one attached hydrogen (secondary N) is 1. The minimum Gasteiger partial charge on any atom is -0.484 e. The Hall–Kier alpha value is -3.60. The summed E-state index contributed by atoms with van der Waals surface area (Å²) < 4.78 is 6.14. The van der Waals surface area contributed by atoms with Crippen LogP contribution in [0.1, 0.15) is 30.9 Å². The number of urea groups is 1. The highest BCUT2D eigenvalue weighted by Crippen LogP contribution is 2.33. The van der Waals surface area contributed by atoms with E-state index in [0.29, 0.717) is 31.7 Å². The molecule has 0 saturated carbocycles. The number of carbonyl (C=O) groups is 1. The van der Waals surface area contributed by atoms with Gasteiger partial charge in [0.1, 0.15) is 23.4 Å². The number of amides is 2. The van der Waals surface area contributed by atoms with Crippen molar-refractivity contribution in [3.05, 3.63) is 47.7 Å². The van der Waals surface area contributed by atoms with Crippen LogP contribution in [0.2, 0.25) is 0 Å². The van der Waals surface area contributed by atoms with Crippen LogP contribution in [0.15, 0.2) is 41.5 Å². The molecule has 2 aliphatic heterocycles. The molecule has 3 heterocycles. The van der Waals surface area contributed by atoms with E-state index in [1.807, 2.05) is 36.2 Å². The van der Waals surface area contributed by atoms with Crippen LogP contribution < -0.4 is 15.0 Å². The number of hydrogen-bond acceptors (Lipinski definition) is 6. The normalized spacial score (nSPS) is 16.4. The highest BCUT2D eigenvalue weighted by atomic mass is 16.5. The fourth-order valence-corrected chi connectivity index (χ4v) is 3.72. The van der Waals surface area contributed by atoms with Gasteiger partial charge in [-0.1, -0.05) is 25.5 Å². The molecule has 4 rings (SSSR count). The number of likely N-dealkylation sites (tertiary alicyclic amines) is 1. The summed E-state index contributed by atoms with van der Waals surface area (Å²) in [5.41, 5.74) is 2.53. The molecule has 2 aliphatic rings. The van der Waals surface area contributed by atoms with E-state index in [9.17, 15) is 4.79 Å². The van der Waals surface area contributed by atoms with Gasteiger partial charge in [-0.3, -0.25) is 4.99 Å². The number of aryl methyl sites for hydroxylation is 1. The van der Waals surface area contributed by atoms with Gasteiger partial charge >= 0.3 is 6.03 Å².